The van der Waals surface area contributed by atoms with Crippen LogP contribution in [-0.2, 0) is 6.18 Å². The van der Waals surface area contributed by atoms with E-state index in [2.05, 4.69) is 5.32 Å². The number of hydrogen-bond acceptors (Lipinski definition) is 1. The molecular weight excluding hydrogens is 227 g/mol. The van der Waals surface area contributed by atoms with E-state index in [1.807, 2.05) is 0 Å². The van der Waals surface area contributed by atoms with E-state index in [1.165, 1.54) is 12.5 Å². The highest BCUT2D eigenvalue weighted by molar-refractivity contribution is 5.32. The minimum absolute atomic E-state index is 0.252. The van der Waals surface area contributed by atoms with Crippen LogP contribution in [0.2, 0.25) is 0 Å². The molecule has 2 rings (SSSR count). The Morgan fingerprint density at radius 1 is 1.24 bits per heavy atom. The molecule has 1 atom stereocenters. The molecule has 94 valence electrons. The van der Waals surface area contributed by atoms with Crippen molar-refractivity contribution < 1.29 is 13.2 Å². The van der Waals surface area contributed by atoms with Crippen LogP contribution >= 0.6 is 0 Å². The monoisotopic (exact) mass is 243 g/mol. The molecule has 4 heteroatoms. The van der Waals surface area contributed by atoms with Gasteiger partial charge in [0.1, 0.15) is 0 Å². The Kier molecular flexibility index (Phi) is 3.43. The second-order valence-corrected chi connectivity index (χ2v) is 4.60. The summed E-state index contributed by atoms with van der Waals surface area (Å²) in [6.45, 7) is 1.79. The third-order valence-electron chi connectivity index (χ3n) is 3.32. The SMILES string of the molecule is CC(NC1CCC1)c1ccccc1C(F)(F)F. The molecule has 0 aromatic heterocycles. The predicted octanol–water partition coefficient (Wildman–Crippen LogP) is 3.91. The molecule has 1 aromatic rings. The summed E-state index contributed by atoms with van der Waals surface area (Å²) in [6, 6.07) is 5.92. The standard InChI is InChI=1S/C13H16F3N/c1-9(17-10-5-4-6-10)11-7-2-3-8-12(11)13(14,15)16/h2-3,7-10,17H,4-6H2,1H3. The van der Waals surface area contributed by atoms with Crippen LogP contribution in [0, 0.1) is 0 Å². The number of rotatable bonds is 3. The average Bonchev–Trinajstić information content (AvgIpc) is 2.22. The van der Waals surface area contributed by atoms with Crippen molar-refractivity contribution in [1.82, 2.24) is 5.32 Å². The Morgan fingerprint density at radius 2 is 1.88 bits per heavy atom. The molecule has 0 spiro atoms. The van der Waals surface area contributed by atoms with Crippen LogP contribution in [0.1, 0.15) is 43.4 Å². The van der Waals surface area contributed by atoms with Crippen LogP contribution in [0.4, 0.5) is 13.2 Å². The normalized spacial score (nSPS) is 18.8. The summed E-state index contributed by atoms with van der Waals surface area (Å²) >= 11 is 0. The first-order valence-electron chi connectivity index (χ1n) is 5.90. The van der Waals surface area contributed by atoms with Gasteiger partial charge in [0, 0.05) is 12.1 Å². The molecule has 0 saturated heterocycles. The van der Waals surface area contributed by atoms with Gasteiger partial charge in [0.2, 0.25) is 0 Å². The van der Waals surface area contributed by atoms with Crippen molar-refractivity contribution in [2.24, 2.45) is 0 Å². The van der Waals surface area contributed by atoms with Crippen molar-refractivity contribution in [3.8, 4) is 0 Å². The molecule has 1 saturated carbocycles. The van der Waals surface area contributed by atoms with Gasteiger partial charge < -0.3 is 5.32 Å². The molecule has 1 fully saturated rings. The van der Waals surface area contributed by atoms with Crippen molar-refractivity contribution >= 4 is 0 Å². The summed E-state index contributed by atoms with van der Waals surface area (Å²) < 4.78 is 38.4. The summed E-state index contributed by atoms with van der Waals surface area (Å²) in [5, 5.41) is 3.25. The third-order valence-corrected chi connectivity index (χ3v) is 3.32. The van der Waals surface area contributed by atoms with E-state index in [0.29, 0.717) is 11.6 Å². The molecule has 0 radical (unpaired) electrons. The van der Waals surface area contributed by atoms with Gasteiger partial charge in [-0.2, -0.15) is 13.2 Å². The molecule has 1 N–H and O–H groups in total. The first-order chi connectivity index (χ1) is 7.98. The molecule has 1 unspecified atom stereocenters. The molecule has 0 amide bonds. The smallest absolute Gasteiger partial charge is 0.307 e. The topological polar surface area (TPSA) is 12.0 Å². The van der Waals surface area contributed by atoms with Gasteiger partial charge in [-0.15, -0.1) is 0 Å². The fourth-order valence-electron chi connectivity index (χ4n) is 2.15. The Bertz CT molecular complexity index is 382. The summed E-state index contributed by atoms with van der Waals surface area (Å²) in [6.07, 6.45) is -0.964. The van der Waals surface area contributed by atoms with Gasteiger partial charge in [0.05, 0.1) is 5.56 Å². The highest BCUT2D eigenvalue weighted by Gasteiger charge is 2.34. The van der Waals surface area contributed by atoms with Gasteiger partial charge >= 0.3 is 6.18 Å². The van der Waals surface area contributed by atoms with Crippen LogP contribution in [0.15, 0.2) is 24.3 Å². The Balaban J connectivity index is 2.18. The van der Waals surface area contributed by atoms with Gasteiger partial charge in [-0.05, 0) is 31.4 Å². The lowest BCUT2D eigenvalue weighted by atomic mass is 9.91. The van der Waals surface area contributed by atoms with E-state index in [9.17, 15) is 13.2 Å². The van der Waals surface area contributed by atoms with Gasteiger partial charge in [-0.1, -0.05) is 24.6 Å². The number of halogens is 3. The zero-order valence-corrected chi connectivity index (χ0v) is 9.72. The second kappa shape index (κ2) is 4.69. The van der Waals surface area contributed by atoms with Crippen LogP contribution in [0.25, 0.3) is 0 Å². The molecule has 0 heterocycles. The van der Waals surface area contributed by atoms with E-state index in [1.54, 1.807) is 19.1 Å². The second-order valence-electron chi connectivity index (χ2n) is 4.60. The van der Waals surface area contributed by atoms with Crippen LogP contribution in [0.3, 0.4) is 0 Å². The number of hydrogen-bond donors (Lipinski definition) is 1. The van der Waals surface area contributed by atoms with E-state index in [0.717, 1.165) is 18.9 Å². The van der Waals surface area contributed by atoms with Gasteiger partial charge in [-0.25, -0.2) is 0 Å². The first kappa shape index (κ1) is 12.4. The number of nitrogens with one attached hydrogen (secondary N) is 1. The largest absolute Gasteiger partial charge is 0.416 e. The molecule has 0 aliphatic heterocycles. The first-order valence-corrected chi connectivity index (χ1v) is 5.90. The summed E-state index contributed by atoms with van der Waals surface area (Å²) in [7, 11) is 0. The molecule has 1 aliphatic carbocycles. The minimum atomic E-state index is -4.27. The predicted molar refractivity (Wildman–Crippen MR) is 60.6 cm³/mol. The Morgan fingerprint density at radius 3 is 2.41 bits per heavy atom. The zero-order valence-electron chi connectivity index (χ0n) is 9.72. The summed E-state index contributed by atoms with van der Waals surface area (Å²) in [5.74, 6) is 0. The van der Waals surface area contributed by atoms with Gasteiger partial charge in [-0.3, -0.25) is 0 Å². The molecule has 1 aromatic carbocycles. The lowest BCUT2D eigenvalue weighted by molar-refractivity contribution is -0.138. The fraction of sp³-hybridized carbons (Fsp3) is 0.538. The minimum Gasteiger partial charge on any atom is -0.307 e. The zero-order chi connectivity index (χ0) is 12.5. The van der Waals surface area contributed by atoms with Crippen molar-refractivity contribution in [2.45, 2.75) is 44.4 Å². The molecule has 0 bridgehead atoms. The van der Waals surface area contributed by atoms with Crippen molar-refractivity contribution in [1.29, 1.82) is 0 Å². The van der Waals surface area contributed by atoms with Crippen LogP contribution in [0.5, 0.6) is 0 Å². The van der Waals surface area contributed by atoms with Crippen molar-refractivity contribution in [3.05, 3.63) is 35.4 Å². The summed E-state index contributed by atoms with van der Waals surface area (Å²) in [4.78, 5) is 0. The fourth-order valence-corrected chi connectivity index (χ4v) is 2.15. The maximum atomic E-state index is 12.8. The maximum absolute atomic E-state index is 12.8. The van der Waals surface area contributed by atoms with E-state index in [4.69, 9.17) is 0 Å². The lowest BCUT2D eigenvalue weighted by Gasteiger charge is -2.31. The van der Waals surface area contributed by atoms with Crippen molar-refractivity contribution in [2.75, 3.05) is 0 Å². The molecule has 17 heavy (non-hydrogen) atoms. The van der Waals surface area contributed by atoms with E-state index < -0.39 is 11.7 Å². The molecular formula is C13H16F3N. The highest BCUT2D eigenvalue weighted by atomic mass is 19.4. The van der Waals surface area contributed by atoms with E-state index >= 15 is 0 Å². The van der Waals surface area contributed by atoms with E-state index in [-0.39, 0.29) is 6.04 Å². The quantitative estimate of drug-likeness (QED) is 0.848. The average molecular weight is 243 g/mol. The van der Waals surface area contributed by atoms with Gasteiger partial charge in [0.25, 0.3) is 0 Å². The maximum Gasteiger partial charge on any atom is 0.416 e. The lowest BCUT2D eigenvalue weighted by Crippen LogP contribution is -2.37. The number of alkyl halides is 3. The number of benzene rings is 1. The molecule has 1 aliphatic rings. The Labute approximate surface area is 99.0 Å². The van der Waals surface area contributed by atoms with Crippen molar-refractivity contribution in [3.63, 3.8) is 0 Å². The Hall–Kier alpha value is -1.03. The third kappa shape index (κ3) is 2.80. The summed E-state index contributed by atoms with van der Waals surface area (Å²) in [5.41, 5.74) is -0.189. The van der Waals surface area contributed by atoms with Gasteiger partial charge in [0.15, 0.2) is 0 Å². The van der Waals surface area contributed by atoms with Crippen LogP contribution < -0.4 is 5.32 Å². The highest BCUT2D eigenvalue weighted by Crippen LogP contribution is 2.35. The molecule has 1 nitrogen and oxygen atoms in total. The van der Waals surface area contributed by atoms with Crippen LogP contribution in [-0.4, -0.2) is 6.04 Å².